The second-order valence-corrected chi connectivity index (χ2v) is 5.66. The van der Waals surface area contributed by atoms with E-state index in [2.05, 4.69) is 14.3 Å². The molecule has 0 N–H and O–H groups in total. The molecule has 2 rings (SSSR count). The van der Waals surface area contributed by atoms with Gasteiger partial charge in [0.25, 0.3) is 0 Å². The summed E-state index contributed by atoms with van der Waals surface area (Å²) in [5, 5.41) is 0. The number of rotatable bonds is 6. The minimum Gasteiger partial charge on any atom is -0.372 e. The van der Waals surface area contributed by atoms with Gasteiger partial charge in [0.15, 0.2) is 0 Å². The number of piperidine rings is 1. The highest BCUT2D eigenvalue weighted by atomic mass is 19.4. The molecule has 1 aromatic rings. The molecule has 0 radical (unpaired) electrons. The quantitative estimate of drug-likeness (QED) is 0.752. The van der Waals surface area contributed by atoms with Gasteiger partial charge in [0.05, 0.1) is 19.1 Å². The maximum absolute atomic E-state index is 12.1. The predicted molar refractivity (Wildman–Crippen MR) is 77.9 cm³/mol. The molecule has 2 heterocycles. The lowest BCUT2D eigenvalue weighted by molar-refractivity contribution is -0.175. The first-order chi connectivity index (χ1) is 10.9. The molecule has 0 spiro atoms. The zero-order chi connectivity index (χ0) is 16.9. The first-order valence-corrected chi connectivity index (χ1v) is 7.84. The number of alkyl halides is 3. The van der Waals surface area contributed by atoms with Gasteiger partial charge in [-0.2, -0.15) is 13.2 Å². The van der Waals surface area contributed by atoms with Crippen LogP contribution in [0.25, 0.3) is 0 Å². The van der Waals surface area contributed by atoms with Crippen molar-refractivity contribution in [2.45, 2.75) is 44.8 Å². The number of nitrogens with zero attached hydrogens (tertiary/aromatic N) is 3. The van der Waals surface area contributed by atoms with Crippen molar-refractivity contribution in [3.8, 4) is 0 Å². The summed E-state index contributed by atoms with van der Waals surface area (Å²) < 4.78 is 42.6. The molecule has 1 fully saturated rings. The number of hydrogen-bond donors (Lipinski definition) is 0. The molecular formula is C15H22F3N3O2. The van der Waals surface area contributed by atoms with Crippen LogP contribution >= 0.6 is 0 Å². The summed E-state index contributed by atoms with van der Waals surface area (Å²) in [4.78, 5) is 18.1. The fourth-order valence-corrected chi connectivity index (χ4v) is 2.86. The summed E-state index contributed by atoms with van der Waals surface area (Å²) in [5.41, 5.74) is 0. The Labute approximate surface area is 133 Å². The molecule has 23 heavy (non-hydrogen) atoms. The molecule has 1 aromatic heterocycles. The van der Waals surface area contributed by atoms with Crippen LogP contribution in [0.3, 0.4) is 0 Å². The van der Waals surface area contributed by atoms with Gasteiger partial charge in [-0.3, -0.25) is 4.79 Å². The smallest absolute Gasteiger partial charge is 0.372 e. The third-order valence-electron chi connectivity index (χ3n) is 3.93. The van der Waals surface area contributed by atoms with E-state index in [-0.39, 0.29) is 25.0 Å². The number of aryl methyl sites for hydroxylation is 1. The predicted octanol–water partition coefficient (Wildman–Crippen LogP) is 2.58. The molecule has 1 saturated heterocycles. The van der Waals surface area contributed by atoms with Crippen molar-refractivity contribution in [1.82, 2.24) is 14.5 Å². The van der Waals surface area contributed by atoms with Crippen molar-refractivity contribution in [3.05, 3.63) is 18.2 Å². The van der Waals surface area contributed by atoms with E-state index in [9.17, 15) is 18.0 Å². The Morgan fingerprint density at radius 1 is 1.48 bits per heavy atom. The zero-order valence-corrected chi connectivity index (χ0v) is 13.2. The monoisotopic (exact) mass is 333 g/mol. The number of halogens is 3. The van der Waals surface area contributed by atoms with Gasteiger partial charge in [-0.1, -0.05) is 6.92 Å². The molecule has 0 bridgehead atoms. The Morgan fingerprint density at radius 3 is 2.96 bits per heavy atom. The van der Waals surface area contributed by atoms with Crippen molar-refractivity contribution in [2.75, 3.05) is 26.3 Å². The molecule has 1 amide bonds. The lowest BCUT2D eigenvalue weighted by atomic mass is 10.0. The summed E-state index contributed by atoms with van der Waals surface area (Å²) in [6.45, 7) is 1.73. The molecule has 0 aromatic carbocycles. The molecule has 8 heteroatoms. The molecule has 1 aliphatic rings. The Balaban J connectivity index is 1.82. The number of hydrogen-bond acceptors (Lipinski definition) is 3. The van der Waals surface area contributed by atoms with E-state index in [1.54, 1.807) is 11.1 Å². The van der Waals surface area contributed by atoms with Gasteiger partial charge < -0.3 is 14.2 Å². The van der Waals surface area contributed by atoms with Gasteiger partial charge in [-0.25, -0.2) is 4.98 Å². The number of ether oxygens (including phenoxy) is 1. The molecule has 0 saturated carbocycles. The summed E-state index contributed by atoms with van der Waals surface area (Å²) in [6.07, 6.45) is 1.97. The van der Waals surface area contributed by atoms with Crippen LogP contribution in [-0.4, -0.2) is 52.8 Å². The Hall–Kier alpha value is -1.57. The highest BCUT2D eigenvalue weighted by Crippen LogP contribution is 2.23. The normalized spacial score (nSPS) is 19.1. The highest BCUT2D eigenvalue weighted by molar-refractivity contribution is 5.76. The first-order valence-electron chi connectivity index (χ1n) is 7.84. The summed E-state index contributed by atoms with van der Waals surface area (Å²) in [5.74, 6) is 0.827. The molecule has 0 aliphatic carbocycles. The number of amides is 1. The van der Waals surface area contributed by atoms with Crippen LogP contribution in [0.4, 0.5) is 13.2 Å². The van der Waals surface area contributed by atoms with Gasteiger partial charge >= 0.3 is 6.18 Å². The largest absolute Gasteiger partial charge is 0.411 e. The number of likely N-dealkylation sites (tertiary alicyclic amines) is 1. The molecule has 5 nitrogen and oxygen atoms in total. The fraction of sp³-hybridized carbons (Fsp3) is 0.733. The van der Waals surface area contributed by atoms with Gasteiger partial charge in [-0.05, 0) is 12.8 Å². The second kappa shape index (κ2) is 7.81. The fourth-order valence-electron chi connectivity index (χ4n) is 2.86. The van der Waals surface area contributed by atoms with E-state index in [0.717, 1.165) is 25.1 Å². The maximum atomic E-state index is 12.1. The standard InChI is InChI=1S/C15H22F3N3O2/c1-2-13-19-6-8-21(13)12-4-3-7-20(10-12)14(22)5-9-23-11-15(16,17)18/h6,8,12H,2-5,7,9-11H2,1H3. The minimum absolute atomic E-state index is 0.0205. The molecule has 130 valence electrons. The summed E-state index contributed by atoms with van der Waals surface area (Å²) >= 11 is 0. The Bertz CT molecular complexity index is 516. The molecule has 1 atom stereocenters. The number of carbonyl (C=O) groups is 1. The van der Waals surface area contributed by atoms with Crippen molar-refractivity contribution >= 4 is 5.91 Å². The van der Waals surface area contributed by atoms with E-state index in [4.69, 9.17) is 0 Å². The number of carbonyl (C=O) groups excluding carboxylic acids is 1. The third-order valence-corrected chi connectivity index (χ3v) is 3.93. The molecule has 1 unspecified atom stereocenters. The maximum Gasteiger partial charge on any atom is 0.411 e. The van der Waals surface area contributed by atoms with Gasteiger partial charge in [-0.15, -0.1) is 0 Å². The van der Waals surface area contributed by atoms with Crippen LogP contribution in [0.5, 0.6) is 0 Å². The number of aromatic nitrogens is 2. The van der Waals surface area contributed by atoms with Crippen LogP contribution in [0.1, 0.15) is 38.1 Å². The topological polar surface area (TPSA) is 47.4 Å². The van der Waals surface area contributed by atoms with E-state index in [0.29, 0.717) is 13.1 Å². The second-order valence-electron chi connectivity index (χ2n) is 5.66. The first kappa shape index (κ1) is 17.8. The Kier molecular flexibility index (Phi) is 6.04. The van der Waals surface area contributed by atoms with Gasteiger partial charge in [0, 0.05) is 31.9 Å². The van der Waals surface area contributed by atoms with Crippen LogP contribution < -0.4 is 0 Å². The van der Waals surface area contributed by atoms with Crippen molar-refractivity contribution in [3.63, 3.8) is 0 Å². The van der Waals surface area contributed by atoms with E-state index in [1.807, 2.05) is 13.1 Å². The average molecular weight is 333 g/mol. The van der Waals surface area contributed by atoms with Crippen LogP contribution in [0.15, 0.2) is 12.4 Å². The Morgan fingerprint density at radius 2 is 2.26 bits per heavy atom. The zero-order valence-electron chi connectivity index (χ0n) is 13.2. The number of imidazole rings is 1. The highest BCUT2D eigenvalue weighted by Gasteiger charge is 2.28. The average Bonchev–Trinajstić information content (AvgIpc) is 2.99. The molecule has 1 aliphatic heterocycles. The van der Waals surface area contributed by atoms with Gasteiger partial charge in [0.2, 0.25) is 5.91 Å². The van der Waals surface area contributed by atoms with E-state index < -0.39 is 12.8 Å². The third kappa shape index (κ3) is 5.23. The minimum atomic E-state index is -4.35. The molecular weight excluding hydrogens is 311 g/mol. The van der Waals surface area contributed by atoms with E-state index in [1.165, 1.54) is 0 Å². The lowest BCUT2D eigenvalue weighted by Crippen LogP contribution is -2.41. The van der Waals surface area contributed by atoms with Crippen molar-refractivity contribution in [2.24, 2.45) is 0 Å². The van der Waals surface area contributed by atoms with Gasteiger partial charge in [0.1, 0.15) is 12.4 Å². The SMILES string of the molecule is CCc1nccn1C1CCCN(C(=O)CCOCC(F)(F)F)C1. The van der Waals surface area contributed by atoms with Crippen molar-refractivity contribution in [1.29, 1.82) is 0 Å². The van der Waals surface area contributed by atoms with Crippen molar-refractivity contribution < 1.29 is 22.7 Å². The van der Waals surface area contributed by atoms with Crippen LogP contribution in [-0.2, 0) is 16.0 Å². The van der Waals surface area contributed by atoms with Crippen LogP contribution in [0.2, 0.25) is 0 Å². The lowest BCUT2D eigenvalue weighted by Gasteiger charge is -2.34. The summed E-state index contributed by atoms with van der Waals surface area (Å²) in [6, 6.07) is 0.182. The van der Waals surface area contributed by atoms with Crippen LogP contribution in [0, 0.1) is 0 Å². The van der Waals surface area contributed by atoms with E-state index >= 15 is 0 Å². The summed E-state index contributed by atoms with van der Waals surface area (Å²) in [7, 11) is 0.